The summed E-state index contributed by atoms with van der Waals surface area (Å²) < 4.78 is 0. The molecule has 1 N–H and O–H groups in total. The summed E-state index contributed by atoms with van der Waals surface area (Å²) >= 11 is 0. The van der Waals surface area contributed by atoms with Crippen molar-refractivity contribution in [1.29, 1.82) is 0 Å². The molecule has 0 saturated heterocycles. The molecule has 0 aromatic heterocycles. The van der Waals surface area contributed by atoms with Gasteiger partial charge in [0.2, 0.25) is 0 Å². The molecule has 0 radical (unpaired) electrons. The fourth-order valence-corrected chi connectivity index (χ4v) is 4.04. The van der Waals surface area contributed by atoms with Crippen molar-refractivity contribution >= 4 is 5.97 Å². The first kappa shape index (κ1) is 32.4. The van der Waals surface area contributed by atoms with Gasteiger partial charge in [-0.1, -0.05) is 175 Å². The lowest BCUT2D eigenvalue weighted by atomic mass is 10.0. The van der Waals surface area contributed by atoms with Crippen LogP contribution in [0.2, 0.25) is 0 Å². The Morgan fingerprint density at radius 2 is 0.613 bits per heavy atom. The van der Waals surface area contributed by atoms with E-state index in [0.717, 1.165) is 6.08 Å². The number of hydrogen-bond acceptors (Lipinski definition) is 1. The van der Waals surface area contributed by atoms with Crippen LogP contribution < -0.4 is 0 Å². The molecule has 2 heteroatoms. The summed E-state index contributed by atoms with van der Waals surface area (Å²) in [4.78, 5) is 9.25. The van der Waals surface area contributed by atoms with Gasteiger partial charge in [0, 0.05) is 6.08 Å². The molecule has 0 spiro atoms. The highest BCUT2D eigenvalue weighted by molar-refractivity contribution is 5.78. The quantitative estimate of drug-likeness (QED) is 0.120. The first-order valence-corrected chi connectivity index (χ1v) is 14.0. The third kappa shape index (κ3) is 36.9. The van der Waals surface area contributed by atoms with Gasteiger partial charge in [0.1, 0.15) is 0 Å². The molecule has 0 aromatic rings. The smallest absolute Gasteiger partial charge is 0.327 e. The molecule has 0 fully saturated rings. The van der Waals surface area contributed by atoms with Crippen molar-refractivity contribution in [2.45, 2.75) is 168 Å². The van der Waals surface area contributed by atoms with Crippen molar-refractivity contribution in [3.05, 3.63) is 12.7 Å². The zero-order valence-electron chi connectivity index (χ0n) is 21.6. The molecular formula is C29H58O2. The zero-order valence-corrected chi connectivity index (χ0v) is 21.6. The highest BCUT2D eigenvalue weighted by Crippen LogP contribution is 2.15. The van der Waals surface area contributed by atoms with Crippen molar-refractivity contribution in [3.63, 3.8) is 0 Å². The molecule has 2 nitrogen and oxygen atoms in total. The van der Waals surface area contributed by atoms with Crippen LogP contribution in [0.5, 0.6) is 0 Å². The molecule has 0 atom stereocenters. The molecule has 0 bridgehead atoms. The molecule has 0 rings (SSSR count). The standard InChI is InChI=1S/C26H54.C3H4O2/c1-3-5-7-9-11-13-15-17-19-21-23-25-26-24-22-20-18-16-14-12-10-8-6-4-2;1-2-3(4)5/h3-26H2,1-2H3;2H,1H2,(H,4,5). The van der Waals surface area contributed by atoms with Gasteiger partial charge in [0.25, 0.3) is 0 Å². The monoisotopic (exact) mass is 438 g/mol. The number of carbonyl (C=O) groups is 1. The number of carboxylic acids is 1. The van der Waals surface area contributed by atoms with Gasteiger partial charge >= 0.3 is 5.97 Å². The van der Waals surface area contributed by atoms with Crippen LogP contribution in [0.4, 0.5) is 0 Å². The second-order valence-corrected chi connectivity index (χ2v) is 9.32. The lowest BCUT2D eigenvalue weighted by Crippen LogP contribution is -1.84. The summed E-state index contributed by atoms with van der Waals surface area (Å²) in [6.45, 7) is 7.57. The number of carboxylic acid groups (broad SMARTS) is 1. The third-order valence-electron chi connectivity index (χ3n) is 6.13. The van der Waals surface area contributed by atoms with Crippen molar-refractivity contribution in [2.75, 3.05) is 0 Å². The minimum atomic E-state index is -0.981. The van der Waals surface area contributed by atoms with E-state index in [9.17, 15) is 4.79 Å². The predicted molar refractivity (Wildman–Crippen MR) is 140 cm³/mol. The van der Waals surface area contributed by atoms with E-state index in [0.29, 0.717) is 0 Å². The Hall–Kier alpha value is -0.790. The SMILES string of the molecule is C=CC(=O)O.CCCCCCCCCCCCCCCCCCCCCCCCCC. The highest BCUT2D eigenvalue weighted by atomic mass is 16.4. The minimum absolute atomic E-state index is 0.833. The molecule has 0 aliphatic rings. The Bertz CT molecular complexity index is 314. The molecule has 0 aliphatic heterocycles. The van der Waals surface area contributed by atoms with Crippen LogP contribution in [-0.4, -0.2) is 11.1 Å². The Morgan fingerprint density at radius 1 is 0.484 bits per heavy atom. The van der Waals surface area contributed by atoms with Gasteiger partial charge in [-0.3, -0.25) is 0 Å². The number of hydrogen-bond donors (Lipinski definition) is 1. The molecule has 186 valence electrons. The van der Waals surface area contributed by atoms with E-state index in [4.69, 9.17) is 5.11 Å². The van der Waals surface area contributed by atoms with Gasteiger partial charge in [-0.2, -0.15) is 0 Å². The van der Waals surface area contributed by atoms with Crippen LogP contribution in [0.1, 0.15) is 168 Å². The van der Waals surface area contributed by atoms with Gasteiger partial charge in [-0.15, -0.1) is 0 Å². The summed E-state index contributed by atoms with van der Waals surface area (Å²) in [7, 11) is 0. The number of unbranched alkanes of at least 4 members (excludes halogenated alkanes) is 23. The van der Waals surface area contributed by atoms with E-state index >= 15 is 0 Å². The average Bonchev–Trinajstić information content (AvgIpc) is 2.77. The molecule has 0 unspecified atom stereocenters. The van der Waals surface area contributed by atoms with E-state index in [2.05, 4.69) is 20.4 Å². The summed E-state index contributed by atoms with van der Waals surface area (Å²) in [6, 6.07) is 0. The molecule has 0 heterocycles. The van der Waals surface area contributed by atoms with E-state index in [-0.39, 0.29) is 0 Å². The molecule has 0 amide bonds. The molecule has 0 aromatic carbocycles. The maximum atomic E-state index is 9.25. The van der Waals surface area contributed by atoms with Crippen LogP contribution in [0, 0.1) is 0 Å². The Kier molecular flexibility index (Phi) is 32.8. The Labute approximate surface area is 196 Å². The molecular weight excluding hydrogens is 380 g/mol. The second kappa shape index (κ2) is 31.4. The fourth-order valence-electron chi connectivity index (χ4n) is 4.04. The van der Waals surface area contributed by atoms with Crippen molar-refractivity contribution in [1.82, 2.24) is 0 Å². The van der Waals surface area contributed by atoms with E-state index in [1.54, 1.807) is 0 Å². The van der Waals surface area contributed by atoms with Crippen LogP contribution in [-0.2, 0) is 4.79 Å². The van der Waals surface area contributed by atoms with Gasteiger partial charge in [-0.25, -0.2) is 4.79 Å². The zero-order chi connectivity index (χ0) is 23.3. The number of aliphatic carboxylic acids is 1. The Morgan fingerprint density at radius 3 is 0.710 bits per heavy atom. The predicted octanol–water partition coefficient (Wildman–Crippen LogP) is 10.6. The van der Waals surface area contributed by atoms with E-state index in [1.807, 2.05) is 0 Å². The first-order chi connectivity index (χ1) is 15.2. The Balaban J connectivity index is 0. The first-order valence-electron chi connectivity index (χ1n) is 14.0. The van der Waals surface area contributed by atoms with Gasteiger partial charge in [-0.05, 0) is 0 Å². The largest absolute Gasteiger partial charge is 0.478 e. The van der Waals surface area contributed by atoms with Gasteiger partial charge < -0.3 is 5.11 Å². The lowest BCUT2D eigenvalue weighted by Gasteiger charge is -2.04. The lowest BCUT2D eigenvalue weighted by molar-refractivity contribution is -0.131. The highest BCUT2D eigenvalue weighted by Gasteiger charge is 1.95. The third-order valence-corrected chi connectivity index (χ3v) is 6.13. The van der Waals surface area contributed by atoms with Crippen LogP contribution in [0.15, 0.2) is 12.7 Å². The summed E-state index contributed by atoms with van der Waals surface area (Å²) in [5.74, 6) is -0.981. The van der Waals surface area contributed by atoms with E-state index in [1.165, 1.54) is 154 Å². The molecule has 0 aliphatic carbocycles. The van der Waals surface area contributed by atoms with Crippen LogP contribution in [0.3, 0.4) is 0 Å². The second-order valence-electron chi connectivity index (χ2n) is 9.32. The normalized spacial score (nSPS) is 10.5. The summed E-state index contributed by atoms with van der Waals surface area (Å²) in [6.07, 6.45) is 36.2. The van der Waals surface area contributed by atoms with Crippen molar-refractivity contribution in [3.8, 4) is 0 Å². The van der Waals surface area contributed by atoms with Crippen molar-refractivity contribution < 1.29 is 9.90 Å². The van der Waals surface area contributed by atoms with Crippen LogP contribution >= 0.6 is 0 Å². The average molecular weight is 439 g/mol. The minimum Gasteiger partial charge on any atom is -0.478 e. The number of rotatable bonds is 24. The van der Waals surface area contributed by atoms with Crippen molar-refractivity contribution in [2.24, 2.45) is 0 Å². The molecule has 31 heavy (non-hydrogen) atoms. The van der Waals surface area contributed by atoms with Gasteiger partial charge in [0.15, 0.2) is 0 Å². The maximum Gasteiger partial charge on any atom is 0.327 e. The van der Waals surface area contributed by atoms with Gasteiger partial charge in [0.05, 0.1) is 0 Å². The summed E-state index contributed by atoms with van der Waals surface area (Å²) in [5, 5.41) is 7.60. The fraction of sp³-hybridized carbons (Fsp3) is 0.897. The van der Waals surface area contributed by atoms with E-state index < -0.39 is 5.97 Å². The summed E-state index contributed by atoms with van der Waals surface area (Å²) in [5.41, 5.74) is 0. The maximum absolute atomic E-state index is 9.25. The topological polar surface area (TPSA) is 37.3 Å². The van der Waals surface area contributed by atoms with Crippen LogP contribution in [0.25, 0.3) is 0 Å². The molecule has 0 saturated carbocycles.